The Labute approximate surface area is 167 Å². The number of anilines is 1. The Bertz CT molecular complexity index is 994. The summed E-state index contributed by atoms with van der Waals surface area (Å²) in [4.78, 5) is 36.5. The Morgan fingerprint density at radius 3 is 2.28 bits per heavy atom. The molecule has 0 aliphatic heterocycles. The molecular weight excluding hydrogens is 372 g/mol. The number of esters is 1. The number of furan rings is 1. The molecule has 1 heterocycles. The van der Waals surface area contributed by atoms with E-state index in [2.05, 4.69) is 10.6 Å². The largest absolute Gasteiger partial charge is 0.467 e. The number of rotatable bonds is 7. The van der Waals surface area contributed by atoms with Crippen LogP contribution in [0.4, 0.5) is 5.69 Å². The maximum absolute atomic E-state index is 12.5. The number of nitrogens with one attached hydrogen (secondary N) is 2. The fraction of sp³-hybridized carbons (Fsp3) is 0.136. The second-order valence-corrected chi connectivity index (χ2v) is 6.09. The van der Waals surface area contributed by atoms with Crippen molar-refractivity contribution in [2.24, 2.45) is 0 Å². The monoisotopic (exact) mass is 392 g/mol. The quantitative estimate of drug-likeness (QED) is 0.598. The summed E-state index contributed by atoms with van der Waals surface area (Å²) in [5, 5.41) is 5.48. The molecule has 0 aliphatic rings. The van der Waals surface area contributed by atoms with Crippen molar-refractivity contribution in [2.75, 3.05) is 11.9 Å². The predicted octanol–water partition coefficient (Wildman–Crippen LogP) is 3.64. The van der Waals surface area contributed by atoms with Gasteiger partial charge in [-0.05, 0) is 61.5 Å². The van der Waals surface area contributed by atoms with E-state index in [1.54, 1.807) is 61.5 Å². The molecule has 3 rings (SSSR count). The maximum atomic E-state index is 12.5. The lowest BCUT2D eigenvalue weighted by molar-refractivity contribution is 0.0526. The van der Waals surface area contributed by atoms with Crippen LogP contribution in [0, 0.1) is 0 Å². The first kappa shape index (κ1) is 19.9. The average Bonchev–Trinajstić information content (AvgIpc) is 3.26. The van der Waals surface area contributed by atoms with Crippen LogP contribution in [-0.4, -0.2) is 24.4 Å². The zero-order valence-electron chi connectivity index (χ0n) is 15.8. The van der Waals surface area contributed by atoms with Crippen molar-refractivity contribution in [3.05, 3.63) is 89.4 Å². The van der Waals surface area contributed by atoms with E-state index in [4.69, 9.17) is 9.15 Å². The number of hydrogen-bond acceptors (Lipinski definition) is 5. The lowest BCUT2D eigenvalue weighted by Gasteiger charge is -2.08. The number of amides is 2. The molecule has 0 fully saturated rings. The molecule has 0 atom stereocenters. The van der Waals surface area contributed by atoms with Crippen LogP contribution in [0.2, 0.25) is 0 Å². The molecule has 0 bridgehead atoms. The van der Waals surface area contributed by atoms with Gasteiger partial charge in [0.25, 0.3) is 11.8 Å². The van der Waals surface area contributed by atoms with E-state index in [1.807, 2.05) is 0 Å². The van der Waals surface area contributed by atoms with E-state index in [0.717, 1.165) is 0 Å². The highest BCUT2D eigenvalue weighted by molar-refractivity contribution is 6.06. The predicted molar refractivity (Wildman–Crippen MR) is 107 cm³/mol. The van der Waals surface area contributed by atoms with Gasteiger partial charge in [0.1, 0.15) is 5.76 Å². The van der Waals surface area contributed by atoms with Crippen LogP contribution in [0.5, 0.6) is 0 Å². The van der Waals surface area contributed by atoms with E-state index in [-0.39, 0.29) is 18.4 Å². The van der Waals surface area contributed by atoms with Crippen molar-refractivity contribution in [1.82, 2.24) is 5.32 Å². The zero-order chi connectivity index (χ0) is 20.6. The summed E-state index contributed by atoms with van der Waals surface area (Å²) in [6.07, 6.45) is 1.53. The minimum atomic E-state index is -0.418. The van der Waals surface area contributed by atoms with E-state index < -0.39 is 5.97 Å². The van der Waals surface area contributed by atoms with E-state index in [1.165, 1.54) is 12.3 Å². The van der Waals surface area contributed by atoms with E-state index in [0.29, 0.717) is 34.7 Å². The van der Waals surface area contributed by atoms with Gasteiger partial charge in [-0.2, -0.15) is 0 Å². The molecule has 0 saturated heterocycles. The highest BCUT2D eigenvalue weighted by atomic mass is 16.5. The van der Waals surface area contributed by atoms with Gasteiger partial charge in [-0.3, -0.25) is 9.59 Å². The Kier molecular flexibility index (Phi) is 6.42. The van der Waals surface area contributed by atoms with Crippen LogP contribution in [0.1, 0.15) is 43.8 Å². The highest BCUT2D eigenvalue weighted by Crippen LogP contribution is 2.13. The SMILES string of the molecule is CCOC(=O)c1ccc(NC(=O)c2cccc(C(=O)NCc3ccco3)c2)cc1. The summed E-state index contributed by atoms with van der Waals surface area (Å²) in [5.74, 6) is -0.457. The summed E-state index contributed by atoms with van der Waals surface area (Å²) >= 11 is 0. The molecule has 2 aromatic carbocycles. The maximum Gasteiger partial charge on any atom is 0.338 e. The van der Waals surface area contributed by atoms with Crippen molar-refractivity contribution >= 4 is 23.5 Å². The summed E-state index contributed by atoms with van der Waals surface area (Å²) in [5.41, 5.74) is 1.63. The van der Waals surface area contributed by atoms with Gasteiger partial charge in [-0.1, -0.05) is 6.07 Å². The molecular formula is C22H20N2O5. The van der Waals surface area contributed by atoms with Crippen LogP contribution in [0.3, 0.4) is 0 Å². The standard InChI is InChI=1S/C22H20N2O5/c1-2-28-22(27)15-8-10-18(11-9-15)24-21(26)17-6-3-5-16(13-17)20(25)23-14-19-7-4-12-29-19/h3-13H,2,14H2,1H3,(H,23,25)(H,24,26). The lowest BCUT2D eigenvalue weighted by Crippen LogP contribution is -2.23. The fourth-order valence-electron chi connectivity index (χ4n) is 2.59. The molecule has 0 spiro atoms. The molecule has 0 unspecified atom stereocenters. The van der Waals surface area contributed by atoms with Crippen LogP contribution in [0.25, 0.3) is 0 Å². The zero-order valence-corrected chi connectivity index (χ0v) is 15.8. The summed E-state index contributed by atoms with van der Waals surface area (Å²) in [6, 6.07) is 16.3. The van der Waals surface area contributed by atoms with Gasteiger partial charge in [-0.25, -0.2) is 4.79 Å². The first-order valence-corrected chi connectivity index (χ1v) is 9.06. The third-order valence-corrected chi connectivity index (χ3v) is 4.04. The van der Waals surface area contributed by atoms with Gasteiger partial charge >= 0.3 is 5.97 Å². The van der Waals surface area contributed by atoms with Crippen molar-refractivity contribution in [3.8, 4) is 0 Å². The van der Waals surface area contributed by atoms with Crippen molar-refractivity contribution in [1.29, 1.82) is 0 Å². The number of hydrogen-bond donors (Lipinski definition) is 2. The molecule has 0 aliphatic carbocycles. The highest BCUT2D eigenvalue weighted by Gasteiger charge is 2.12. The first-order chi connectivity index (χ1) is 14.1. The van der Waals surface area contributed by atoms with Crippen molar-refractivity contribution < 1.29 is 23.5 Å². The Morgan fingerprint density at radius 1 is 0.897 bits per heavy atom. The molecule has 29 heavy (non-hydrogen) atoms. The third-order valence-electron chi connectivity index (χ3n) is 4.04. The van der Waals surface area contributed by atoms with Gasteiger partial charge in [-0.15, -0.1) is 0 Å². The normalized spacial score (nSPS) is 10.2. The third kappa shape index (κ3) is 5.32. The Balaban J connectivity index is 1.63. The average molecular weight is 392 g/mol. The van der Waals surface area contributed by atoms with Crippen LogP contribution in [-0.2, 0) is 11.3 Å². The molecule has 3 aromatic rings. The van der Waals surface area contributed by atoms with E-state index in [9.17, 15) is 14.4 Å². The molecule has 7 nitrogen and oxygen atoms in total. The minimum absolute atomic E-state index is 0.259. The Hall–Kier alpha value is -3.87. The molecule has 2 N–H and O–H groups in total. The van der Waals surface area contributed by atoms with Crippen molar-refractivity contribution in [2.45, 2.75) is 13.5 Å². The van der Waals surface area contributed by atoms with E-state index >= 15 is 0 Å². The molecule has 0 saturated carbocycles. The van der Waals surface area contributed by atoms with Gasteiger partial charge < -0.3 is 19.8 Å². The smallest absolute Gasteiger partial charge is 0.338 e. The second kappa shape index (κ2) is 9.36. The molecule has 1 aromatic heterocycles. The molecule has 2 amide bonds. The van der Waals surface area contributed by atoms with Gasteiger partial charge in [0.2, 0.25) is 0 Å². The number of carbonyl (C=O) groups is 3. The molecule has 0 radical (unpaired) electrons. The van der Waals surface area contributed by atoms with Crippen LogP contribution >= 0.6 is 0 Å². The summed E-state index contributed by atoms with van der Waals surface area (Å²) in [6.45, 7) is 2.29. The first-order valence-electron chi connectivity index (χ1n) is 9.06. The van der Waals surface area contributed by atoms with Crippen LogP contribution in [0.15, 0.2) is 71.3 Å². The molecule has 148 valence electrons. The number of benzene rings is 2. The topological polar surface area (TPSA) is 97.6 Å². The number of carbonyl (C=O) groups excluding carboxylic acids is 3. The van der Waals surface area contributed by atoms with Gasteiger partial charge in [0, 0.05) is 16.8 Å². The second-order valence-electron chi connectivity index (χ2n) is 6.09. The van der Waals surface area contributed by atoms with Crippen LogP contribution < -0.4 is 10.6 Å². The van der Waals surface area contributed by atoms with Gasteiger partial charge in [0.15, 0.2) is 0 Å². The van der Waals surface area contributed by atoms with Gasteiger partial charge in [0.05, 0.1) is 25.0 Å². The van der Waals surface area contributed by atoms with Crippen molar-refractivity contribution in [3.63, 3.8) is 0 Å². The summed E-state index contributed by atoms with van der Waals surface area (Å²) in [7, 11) is 0. The number of ether oxygens (including phenoxy) is 1. The Morgan fingerprint density at radius 2 is 1.62 bits per heavy atom. The fourth-order valence-corrected chi connectivity index (χ4v) is 2.59. The molecule has 7 heteroatoms. The summed E-state index contributed by atoms with van der Waals surface area (Å²) < 4.78 is 10.1. The minimum Gasteiger partial charge on any atom is -0.467 e. The lowest BCUT2D eigenvalue weighted by atomic mass is 10.1.